The van der Waals surface area contributed by atoms with Gasteiger partial charge in [0, 0.05) is 0 Å². The summed E-state index contributed by atoms with van der Waals surface area (Å²) in [7, 11) is -4.64. The maximum absolute atomic E-state index is 8.88. The molecule has 0 atom stereocenters. The first-order chi connectivity index (χ1) is 11.9. The molecular formula is C22H35O4P. The third kappa shape index (κ3) is 7.38. The lowest BCUT2D eigenvalue weighted by molar-refractivity contribution is 0.275. The molecule has 27 heavy (non-hydrogen) atoms. The van der Waals surface area contributed by atoms with E-state index < -0.39 is 7.82 Å². The molecule has 1 aliphatic carbocycles. The molecule has 0 amide bonds. The van der Waals surface area contributed by atoms with E-state index >= 15 is 0 Å². The van der Waals surface area contributed by atoms with Crippen LogP contribution < -0.4 is 0 Å². The maximum Gasteiger partial charge on any atom is 0.466 e. The zero-order valence-electron chi connectivity index (χ0n) is 17.9. The second kappa shape index (κ2) is 8.05. The van der Waals surface area contributed by atoms with Crippen molar-refractivity contribution in [3.63, 3.8) is 0 Å². The van der Waals surface area contributed by atoms with Gasteiger partial charge in [0.1, 0.15) is 0 Å². The first-order valence-electron chi connectivity index (χ1n) is 9.23. The van der Waals surface area contributed by atoms with E-state index in [1.54, 1.807) is 5.57 Å². The Labute approximate surface area is 164 Å². The fraction of sp³-hybridized carbons (Fsp3) is 0.545. The highest BCUT2D eigenvalue weighted by molar-refractivity contribution is 7.45. The molecule has 0 aromatic heterocycles. The summed E-state index contributed by atoms with van der Waals surface area (Å²) in [6, 6.07) is 10.9. The number of phosphoric acid groups is 1. The van der Waals surface area contributed by atoms with Gasteiger partial charge in [-0.05, 0) is 39.4 Å². The summed E-state index contributed by atoms with van der Waals surface area (Å²) in [5.74, 6) is 0. The third-order valence-corrected chi connectivity index (χ3v) is 4.60. The van der Waals surface area contributed by atoms with Gasteiger partial charge in [0.2, 0.25) is 0 Å². The van der Waals surface area contributed by atoms with Crippen LogP contribution in [0.15, 0.2) is 47.6 Å². The predicted octanol–water partition coefficient (Wildman–Crippen LogP) is 5.96. The fourth-order valence-corrected chi connectivity index (χ4v) is 4.07. The van der Waals surface area contributed by atoms with Crippen molar-refractivity contribution in [3.05, 3.63) is 53.1 Å². The van der Waals surface area contributed by atoms with Crippen molar-refractivity contribution in [1.82, 2.24) is 0 Å². The van der Waals surface area contributed by atoms with E-state index in [-0.39, 0.29) is 16.2 Å². The topological polar surface area (TPSA) is 77.8 Å². The average molecular weight is 394 g/mol. The molecule has 0 saturated heterocycles. The van der Waals surface area contributed by atoms with Crippen LogP contribution in [0.5, 0.6) is 0 Å². The van der Waals surface area contributed by atoms with Crippen molar-refractivity contribution in [2.75, 3.05) is 0 Å². The molecule has 0 saturated carbocycles. The summed E-state index contributed by atoms with van der Waals surface area (Å²) < 4.78 is 8.88. The lowest BCUT2D eigenvalue weighted by Crippen LogP contribution is -2.32. The van der Waals surface area contributed by atoms with E-state index in [0.29, 0.717) is 0 Å². The van der Waals surface area contributed by atoms with Gasteiger partial charge in [0.25, 0.3) is 0 Å². The van der Waals surface area contributed by atoms with Crippen LogP contribution in [0.1, 0.15) is 67.4 Å². The smallest absolute Gasteiger partial charge is 0.303 e. The van der Waals surface area contributed by atoms with Crippen molar-refractivity contribution >= 4 is 13.4 Å². The van der Waals surface area contributed by atoms with Gasteiger partial charge in [0.15, 0.2) is 0 Å². The molecular weight excluding hydrogens is 359 g/mol. The minimum Gasteiger partial charge on any atom is -0.303 e. The van der Waals surface area contributed by atoms with E-state index in [1.165, 1.54) is 16.7 Å². The van der Waals surface area contributed by atoms with Gasteiger partial charge in [-0.3, -0.25) is 0 Å². The second-order valence-corrected chi connectivity index (χ2v) is 10.9. The second-order valence-electron chi connectivity index (χ2n) is 9.90. The molecule has 0 heterocycles. The van der Waals surface area contributed by atoms with E-state index in [2.05, 4.69) is 91.8 Å². The molecule has 1 aliphatic rings. The van der Waals surface area contributed by atoms with Crippen LogP contribution >= 0.6 is 7.82 Å². The summed E-state index contributed by atoms with van der Waals surface area (Å²) in [5, 5.41) is 0. The number of allylic oxidation sites excluding steroid dienone is 4. The molecule has 4 nitrogen and oxygen atoms in total. The standard InChI is InChI=1S/C22H32.H3O4P/c1-20(2,3)18-14-17(16-12-10-9-11-13-16)15-22(7,8)19(18)21(4,5)6;1-5(2,3)4/h9-14H,15H2,1-8H3;(H3,1,2,3,4). The molecule has 2 rings (SSSR count). The zero-order chi connectivity index (χ0) is 21.3. The Kier molecular flexibility index (Phi) is 7.11. The number of hydrogen-bond acceptors (Lipinski definition) is 1. The Hall–Kier alpha value is -1.19. The lowest BCUT2D eigenvalue weighted by Gasteiger charge is -2.45. The van der Waals surface area contributed by atoms with E-state index in [0.717, 1.165) is 6.42 Å². The molecule has 0 bridgehead atoms. The Morgan fingerprint density at radius 2 is 1.33 bits per heavy atom. The fourth-order valence-electron chi connectivity index (χ4n) is 4.07. The minimum atomic E-state index is -4.64. The number of hydrogen-bond donors (Lipinski definition) is 3. The van der Waals surface area contributed by atoms with Crippen molar-refractivity contribution in [1.29, 1.82) is 0 Å². The molecule has 5 heteroatoms. The average Bonchev–Trinajstić information content (AvgIpc) is 2.42. The van der Waals surface area contributed by atoms with Gasteiger partial charge < -0.3 is 14.7 Å². The van der Waals surface area contributed by atoms with Gasteiger partial charge in [-0.2, -0.15) is 0 Å². The molecule has 1 aromatic rings. The number of rotatable bonds is 1. The van der Waals surface area contributed by atoms with Crippen LogP contribution in [0, 0.1) is 16.2 Å². The Morgan fingerprint density at radius 1 is 0.889 bits per heavy atom. The molecule has 0 fully saturated rings. The van der Waals surface area contributed by atoms with Gasteiger partial charge in [0.05, 0.1) is 0 Å². The van der Waals surface area contributed by atoms with Crippen molar-refractivity contribution in [2.24, 2.45) is 16.2 Å². The number of benzene rings is 1. The summed E-state index contributed by atoms with van der Waals surface area (Å²) >= 11 is 0. The van der Waals surface area contributed by atoms with Crippen LogP contribution in [0.25, 0.3) is 5.57 Å². The maximum atomic E-state index is 8.88. The van der Waals surface area contributed by atoms with E-state index in [4.69, 9.17) is 19.2 Å². The molecule has 0 aliphatic heterocycles. The molecule has 0 radical (unpaired) electrons. The van der Waals surface area contributed by atoms with Crippen molar-refractivity contribution in [3.8, 4) is 0 Å². The highest BCUT2D eigenvalue weighted by atomic mass is 31.2. The van der Waals surface area contributed by atoms with E-state index in [1.807, 2.05) is 0 Å². The first kappa shape index (κ1) is 23.8. The van der Waals surface area contributed by atoms with Gasteiger partial charge in [-0.15, -0.1) is 0 Å². The quantitative estimate of drug-likeness (QED) is 0.514. The Balaban J connectivity index is 0.000000646. The summed E-state index contributed by atoms with van der Waals surface area (Å²) in [6.45, 7) is 18.9. The summed E-state index contributed by atoms with van der Waals surface area (Å²) in [6.07, 6.45) is 3.59. The third-order valence-electron chi connectivity index (χ3n) is 4.60. The SMILES string of the molecule is CC(C)(C)C1=C(C(C)(C)C)C(C)(C)CC(c2ccccc2)=C1.O=P(O)(O)O. The van der Waals surface area contributed by atoms with Crippen molar-refractivity contribution < 1.29 is 19.2 Å². The molecule has 152 valence electrons. The summed E-state index contributed by atoms with van der Waals surface area (Å²) in [4.78, 5) is 21.6. The predicted molar refractivity (Wildman–Crippen MR) is 113 cm³/mol. The first-order valence-corrected chi connectivity index (χ1v) is 10.8. The monoisotopic (exact) mass is 394 g/mol. The zero-order valence-corrected chi connectivity index (χ0v) is 18.8. The minimum absolute atomic E-state index is 0.167. The molecule has 0 spiro atoms. The molecule has 1 aromatic carbocycles. The molecule has 0 unspecified atom stereocenters. The Morgan fingerprint density at radius 3 is 1.70 bits per heavy atom. The van der Waals surface area contributed by atoms with Crippen LogP contribution in [-0.4, -0.2) is 14.7 Å². The van der Waals surface area contributed by atoms with Crippen LogP contribution in [0.3, 0.4) is 0 Å². The van der Waals surface area contributed by atoms with Crippen LogP contribution in [0.4, 0.5) is 0 Å². The normalized spacial score (nSPS) is 17.8. The van der Waals surface area contributed by atoms with Gasteiger partial charge in [-0.25, -0.2) is 4.57 Å². The van der Waals surface area contributed by atoms with Crippen LogP contribution in [0.2, 0.25) is 0 Å². The largest absolute Gasteiger partial charge is 0.466 e. The lowest BCUT2D eigenvalue weighted by atomic mass is 9.60. The van der Waals surface area contributed by atoms with Crippen LogP contribution in [-0.2, 0) is 4.57 Å². The molecule has 3 N–H and O–H groups in total. The van der Waals surface area contributed by atoms with E-state index in [9.17, 15) is 0 Å². The summed E-state index contributed by atoms with van der Waals surface area (Å²) in [5.41, 5.74) is 6.54. The van der Waals surface area contributed by atoms with Gasteiger partial charge in [-0.1, -0.05) is 97.4 Å². The highest BCUT2D eigenvalue weighted by Crippen LogP contribution is 2.53. The Bertz CT molecular complexity index is 745. The highest BCUT2D eigenvalue weighted by Gasteiger charge is 2.39. The van der Waals surface area contributed by atoms with Gasteiger partial charge >= 0.3 is 7.82 Å². The van der Waals surface area contributed by atoms with Crippen molar-refractivity contribution in [2.45, 2.75) is 61.8 Å².